The minimum Gasteiger partial charge on any atom is -0.352 e. The van der Waals surface area contributed by atoms with Crippen molar-refractivity contribution in [3.05, 3.63) is 35.4 Å². The predicted octanol–water partition coefficient (Wildman–Crippen LogP) is 3.01. The molecule has 0 saturated heterocycles. The lowest BCUT2D eigenvalue weighted by molar-refractivity contribution is 0.0949. The zero-order chi connectivity index (χ0) is 12.0. The SMILES string of the molecule is CCc1ccc(C(=O)NCC(C)CBr)cc1. The van der Waals surface area contributed by atoms with Crippen LogP contribution in [0.3, 0.4) is 0 Å². The molecule has 0 aliphatic carbocycles. The largest absolute Gasteiger partial charge is 0.352 e. The number of carbonyl (C=O) groups is 1. The van der Waals surface area contributed by atoms with Crippen molar-refractivity contribution in [2.45, 2.75) is 20.3 Å². The second kappa shape index (κ2) is 6.69. The molecule has 1 unspecified atom stereocenters. The van der Waals surface area contributed by atoms with Gasteiger partial charge >= 0.3 is 0 Å². The van der Waals surface area contributed by atoms with Gasteiger partial charge in [-0.1, -0.05) is 41.9 Å². The highest BCUT2D eigenvalue weighted by Gasteiger charge is 2.06. The number of aryl methyl sites for hydroxylation is 1. The van der Waals surface area contributed by atoms with Crippen LogP contribution in [0.15, 0.2) is 24.3 Å². The van der Waals surface area contributed by atoms with Crippen molar-refractivity contribution in [2.75, 3.05) is 11.9 Å². The molecule has 1 N–H and O–H groups in total. The molecule has 16 heavy (non-hydrogen) atoms. The summed E-state index contributed by atoms with van der Waals surface area (Å²) >= 11 is 3.39. The maximum absolute atomic E-state index is 11.7. The fourth-order valence-corrected chi connectivity index (χ4v) is 1.54. The Labute approximate surface area is 106 Å². The Morgan fingerprint density at radius 2 is 2.00 bits per heavy atom. The van der Waals surface area contributed by atoms with Crippen molar-refractivity contribution >= 4 is 21.8 Å². The molecule has 0 heterocycles. The Balaban J connectivity index is 2.52. The van der Waals surface area contributed by atoms with Crippen LogP contribution in [0, 0.1) is 5.92 Å². The first-order chi connectivity index (χ1) is 7.67. The molecule has 1 aromatic rings. The van der Waals surface area contributed by atoms with Gasteiger partial charge in [0, 0.05) is 17.4 Å². The number of rotatable bonds is 5. The summed E-state index contributed by atoms with van der Waals surface area (Å²) in [4.78, 5) is 11.7. The number of hydrogen-bond donors (Lipinski definition) is 1. The average Bonchev–Trinajstić information content (AvgIpc) is 2.35. The normalized spacial score (nSPS) is 12.2. The molecule has 0 radical (unpaired) electrons. The first-order valence-electron chi connectivity index (χ1n) is 5.60. The van der Waals surface area contributed by atoms with Gasteiger partial charge < -0.3 is 5.32 Å². The molecule has 0 bridgehead atoms. The molecule has 1 atom stereocenters. The highest BCUT2D eigenvalue weighted by molar-refractivity contribution is 9.09. The Morgan fingerprint density at radius 1 is 1.38 bits per heavy atom. The minimum absolute atomic E-state index is 0.00968. The predicted molar refractivity (Wildman–Crippen MR) is 71.1 cm³/mol. The van der Waals surface area contributed by atoms with E-state index in [1.807, 2.05) is 24.3 Å². The molecule has 0 aliphatic heterocycles. The van der Waals surface area contributed by atoms with Gasteiger partial charge in [0.05, 0.1) is 0 Å². The number of nitrogens with one attached hydrogen (secondary N) is 1. The molecular weight excluding hydrogens is 266 g/mol. The summed E-state index contributed by atoms with van der Waals surface area (Å²) in [5.41, 5.74) is 1.99. The lowest BCUT2D eigenvalue weighted by Crippen LogP contribution is -2.28. The van der Waals surface area contributed by atoms with Crippen molar-refractivity contribution < 1.29 is 4.79 Å². The van der Waals surface area contributed by atoms with E-state index in [1.54, 1.807) is 0 Å². The molecule has 0 saturated carbocycles. The third kappa shape index (κ3) is 3.97. The van der Waals surface area contributed by atoms with Crippen molar-refractivity contribution in [2.24, 2.45) is 5.92 Å². The summed E-state index contributed by atoms with van der Waals surface area (Å²) in [7, 11) is 0. The zero-order valence-electron chi connectivity index (χ0n) is 9.79. The molecule has 0 aliphatic rings. The Morgan fingerprint density at radius 3 is 2.50 bits per heavy atom. The van der Waals surface area contributed by atoms with Crippen LogP contribution in [-0.4, -0.2) is 17.8 Å². The second-order valence-electron chi connectivity index (χ2n) is 4.02. The molecule has 1 aromatic carbocycles. The summed E-state index contributed by atoms with van der Waals surface area (Å²) in [5, 5.41) is 3.82. The van der Waals surface area contributed by atoms with E-state index in [0.29, 0.717) is 12.5 Å². The number of amides is 1. The summed E-state index contributed by atoms with van der Waals surface area (Å²) in [6.07, 6.45) is 1.00. The van der Waals surface area contributed by atoms with Gasteiger partial charge in [0.2, 0.25) is 0 Å². The molecule has 0 fully saturated rings. The fraction of sp³-hybridized carbons (Fsp3) is 0.462. The molecule has 2 nitrogen and oxygen atoms in total. The van der Waals surface area contributed by atoms with Crippen LogP contribution in [0.5, 0.6) is 0 Å². The summed E-state index contributed by atoms with van der Waals surface area (Å²) < 4.78 is 0. The first kappa shape index (κ1) is 13.2. The van der Waals surface area contributed by atoms with E-state index in [0.717, 1.165) is 17.3 Å². The van der Waals surface area contributed by atoms with E-state index in [-0.39, 0.29) is 5.91 Å². The van der Waals surface area contributed by atoms with Crippen LogP contribution in [0.1, 0.15) is 29.8 Å². The fourth-order valence-electron chi connectivity index (χ4n) is 1.32. The van der Waals surface area contributed by atoms with Crippen molar-refractivity contribution in [3.8, 4) is 0 Å². The molecule has 1 amide bonds. The van der Waals surface area contributed by atoms with Gasteiger partial charge in [-0.15, -0.1) is 0 Å². The summed E-state index contributed by atoms with van der Waals surface area (Å²) in [6.45, 7) is 4.90. The highest BCUT2D eigenvalue weighted by Crippen LogP contribution is 2.05. The summed E-state index contributed by atoms with van der Waals surface area (Å²) in [6, 6.07) is 7.77. The molecule has 3 heteroatoms. The van der Waals surface area contributed by atoms with E-state index < -0.39 is 0 Å². The van der Waals surface area contributed by atoms with E-state index in [9.17, 15) is 4.79 Å². The first-order valence-corrected chi connectivity index (χ1v) is 6.72. The van der Waals surface area contributed by atoms with Crippen molar-refractivity contribution in [3.63, 3.8) is 0 Å². The summed E-state index contributed by atoms with van der Waals surface area (Å²) in [5.74, 6) is 0.467. The monoisotopic (exact) mass is 283 g/mol. The van der Waals surface area contributed by atoms with Crippen molar-refractivity contribution in [1.29, 1.82) is 0 Å². The third-order valence-electron chi connectivity index (χ3n) is 2.50. The van der Waals surface area contributed by atoms with Gasteiger partial charge in [-0.25, -0.2) is 0 Å². The Kier molecular flexibility index (Phi) is 5.53. The lowest BCUT2D eigenvalue weighted by atomic mass is 10.1. The number of halogens is 1. The quantitative estimate of drug-likeness (QED) is 0.827. The van der Waals surface area contributed by atoms with E-state index in [4.69, 9.17) is 0 Å². The number of alkyl halides is 1. The van der Waals surface area contributed by atoms with Gasteiger partial charge in [-0.05, 0) is 30.0 Å². The van der Waals surface area contributed by atoms with Crippen molar-refractivity contribution in [1.82, 2.24) is 5.32 Å². The third-order valence-corrected chi connectivity index (χ3v) is 3.60. The van der Waals surface area contributed by atoms with Crippen LogP contribution in [0.4, 0.5) is 0 Å². The smallest absolute Gasteiger partial charge is 0.251 e. The maximum Gasteiger partial charge on any atom is 0.251 e. The number of benzene rings is 1. The van der Waals surface area contributed by atoms with Gasteiger partial charge in [0.15, 0.2) is 0 Å². The van der Waals surface area contributed by atoms with Crippen LogP contribution < -0.4 is 5.32 Å². The van der Waals surface area contributed by atoms with Crippen LogP contribution in [-0.2, 0) is 6.42 Å². The van der Waals surface area contributed by atoms with Crippen LogP contribution in [0.2, 0.25) is 0 Å². The zero-order valence-corrected chi connectivity index (χ0v) is 11.4. The molecule has 88 valence electrons. The molecule has 1 rings (SSSR count). The highest BCUT2D eigenvalue weighted by atomic mass is 79.9. The van der Waals surface area contributed by atoms with E-state index in [2.05, 4.69) is 35.1 Å². The van der Waals surface area contributed by atoms with Gasteiger partial charge in [-0.3, -0.25) is 4.79 Å². The van der Waals surface area contributed by atoms with Crippen LogP contribution >= 0.6 is 15.9 Å². The molecular formula is C13H18BrNO. The molecule has 0 spiro atoms. The maximum atomic E-state index is 11.7. The Bertz CT molecular complexity index is 334. The van der Waals surface area contributed by atoms with E-state index >= 15 is 0 Å². The van der Waals surface area contributed by atoms with Crippen LogP contribution in [0.25, 0.3) is 0 Å². The number of carbonyl (C=O) groups excluding carboxylic acids is 1. The van der Waals surface area contributed by atoms with E-state index in [1.165, 1.54) is 5.56 Å². The second-order valence-corrected chi connectivity index (χ2v) is 4.67. The topological polar surface area (TPSA) is 29.1 Å². The standard InChI is InChI=1S/C13H18BrNO/c1-3-11-4-6-12(7-5-11)13(16)15-9-10(2)8-14/h4-7,10H,3,8-9H2,1-2H3,(H,15,16). The minimum atomic E-state index is 0.00968. The van der Waals surface area contributed by atoms with Gasteiger partial charge in [-0.2, -0.15) is 0 Å². The Hall–Kier alpha value is -0.830. The number of hydrogen-bond acceptors (Lipinski definition) is 1. The average molecular weight is 284 g/mol. The van der Waals surface area contributed by atoms with Gasteiger partial charge in [0.1, 0.15) is 0 Å². The lowest BCUT2D eigenvalue weighted by Gasteiger charge is -2.09. The van der Waals surface area contributed by atoms with Gasteiger partial charge in [0.25, 0.3) is 5.91 Å². The molecule has 0 aromatic heterocycles.